The molecule has 3 atom stereocenters. The molecule has 0 aromatic heterocycles. The highest BCUT2D eigenvalue weighted by atomic mass is 16.3. The van der Waals surface area contributed by atoms with Gasteiger partial charge in [-0.2, -0.15) is 0 Å². The third kappa shape index (κ3) is 11.9. The molecule has 0 saturated heterocycles. The second-order valence-electron chi connectivity index (χ2n) is 13.6. The van der Waals surface area contributed by atoms with Crippen molar-refractivity contribution in [3.63, 3.8) is 0 Å². The molecule has 0 fully saturated rings. The summed E-state index contributed by atoms with van der Waals surface area (Å²) in [5.74, 6) is 0.880. The van der Waals surface area contributed by atoms with Crippen LogP contribution in [0, 0.1) is 22.7 Å². The third-order valence-corrected chi connectivity index (χ3v) is 8.48. The molecule has 0 heterocycles. The Bertz CT molecular complexity index is 1220. The van der Waals surface area contributed by atoms with E-state index in [1.165, 1.54) is 46.3 Å². The summed E-state index contributed by atoms with van der Waals surface area (Å²) in [7, 11) is 0. The highest BCUT2D eigenvalue weighted by Gasteiger charge is 2.34. The second kappa shape index (κ2) is 15.9. The molecule has 0 radical (unpaired) electrons. The fourth-order valence-electron chi connectivity index (χ4n) is 5.98. The molecule has 2 aliphatic carbocycles. The highest BCUT2D eigenvalue weighted by molar-refractivity contribution is 5.33. The summed E-state index contributed by atoms with van der Waals surface area (Å²) in [5, 5.41) is 10.1. The van der Waals surface area contributed by atoms with Crippen molar-refractivity contribution < 1.29 is 5.11 Å². The average molecular weight is 553 g/mol. The Morgan fingerprint density at radius 1 is 0.659 bits per heavy atom. The van der Waals surface area contributed by atoms with Crippen LogP contribution in [0.5, 0.6) is 0 Å². The van der Waals surface area contributed by atoms with Crippen LogP contribution in [0.2, 0.25) is 0 Å². The van der Waals surface area contributed by atoms with Crippen molar-refractivity contribution in [2.45, 2.75) is 94.6 Å². The lowest BCUT2D eigenvalue weighted by molar-refractivity contribution is 0.117. The van der Waals surface area contributed by atoms with E-state index in [0.717, 1.165) is 6.42 Å². The van der Waals surface area contributed by atoms with Gasteiger partial charge >= 0.3 is 0 Å². The summed E-state index contributed by atoms with van der Waals surface area (Å²) in [4.78, 5) is 0. The molecule has 0 saturated carbocycles. The molecule has 1 N–H and O–H groups in total. The summed E-state index contributed by atoms with van der Waals surface area (Å²) in [6, 6.07) is 0. The molecule has 0 spiro atoms. The van der Waals surface area contributed by atoms with Crippen molar-refractivity contribution >= 4 is 0 Å². The van der Waals surface area contributed by atoms with E-state index in [2.05, 4.69) is 160 Å². The lowest BCUT2D eigenvalue weighted by atomic mass is 9.67. The maximum absolute atomic E-state index is 10.1. The summed E-state index contributed by atoms with van der Waals surface area (Å²) in [6.45, 7) is 22.2. The Labute approximate surface area is 252 Å². The monoisotopic (exact) mass is 552 g/mol. The first-order chi connectivity index (χ1) is 19.2. The van der Waals surface area contributed by atoms with Gasteiger partial charge in [0.05, 0.1) is 6.10 Å². The predicted molar refractivity (Wildman–Crippen MR) is 183 cm³/mol. The lowest BCUT2D eigenvalue weighted by Crippen LogP contribution is -2.32. The fraction of sp³-hybridized carbons (Fsp3) is 0.450. The number of aliphatic hydroxyl groups is 1. The number of aliphatic hydroxyl groups excluding tert-OH is 1. The molecule has 41 heavy (non-hydrogen) atoms. The van der Waals surface area contributed by atoms with Crippen molar-refractivity contribution in [3.05, 3.63) is 131 Å². The SMILES string of the molecule is CC1=CCCC(C)(C)[C@@H]1/C=C/C(C)=C/C=C/C(C)=C/C=C/C=C(C)/C=C/C=C(C)/C=C/[C@@H]1C(C)=C[C@@H](O)CC1(C)C. The van der Waals surface area contributed by atoms with E-state index in [9.17, 15) is 5.11 Å². The summed E-state index contributed by atoms with van der Waals surface area (Å²) < 4.78 is 0. The van der Waals surface area contributed by atoms with Crippen LogP contribution in [0.25, 0.3) is 0 Å². The minimum atomic E-state index is -0.325. The number of rotatable bonds is 10. The van der Waals surface area contributed by atoms with Crippen LogP contribution < -0.4 is 0 Å². The molecule has 1 nitrogen and oxygen atoms in total. The zero-order chi connectivity index (χ0) is 30.6. The van der Waals surface area contributed by atoms with E-state index in [4.69, 9.17) is 0 Å². The quantitative estimate of drug-likeness (QED) is 0.211. The van der Waals surface area contributed by atoms with Gasteiger partial charge in [0.1, 0.15) is 0 Å². The van der Waals surface area contributed by atoms with Gasteiger partial charge in [-0.05, 0) is 71.6 Å². The molecule has 0 bridgehead atoms. The molecule has 0 unspecified atom stereocenters. The van der Waals surface area contributed by atoms with Crippen molar-refractivity contribution in [1.29, 1.82) is 0 Å². The first-order valence-electron chi connectivity index (χ1n) is 15.3. The van der Waals surface area contributed by atoms with E-state index < -0.39 is 0 Å². The molecule has 0 aromatic rings. The zero-order valence-corrected chi connectivity index (χ0v) is 27.5. The van der Waals surface area contributed by atoms with Gasteiger partial charge in [-0.25, -0.2) is 0 Å². The van der Waals surface area contributed by atoms with Crippen LogP contribution in [0.3, 0.4) is 0 Å². The Kier molecular flexibility index (Phi) is 13.3. The molecular weight excluding hydrogens is 496 g/mol. The van der Waals surface area contributed by atoms with E-state index in [1.54, 1.807) is 0 Å². The van der Waals surface area contributed by atoms with Crippen LogP contribution >= 0.6 is 0 Å². The molecule has 0 amide bonds. The van der Waals surface area contributed by atoms with Crippen molar-refractivity contribution in [3.8, 4) is 0 Å². The van der Waals surface area contributed by atoms with Gasteiger partial charge in [-0.3, -0.25) is 0 Å². The van der Waals surface area contributed by atoms with E-state index >= 15 is 0 Å². The third-order valence-electron chi connectivity index (χ3n) is 8.48. The molecular formula is C40H56O. The second-order valence-corrected chi connectivity index (χ2v) is 13.6. The van der Waals surface area contributed by atoms with Gasteiger partial charge in [-0.15, -0.1) is 0 Å². The normalized spacial score (nSPS) is 26.7. The molecule has 0 aliphatic heterocycles. The maximum atomic E-state index is 10.1. The van der Waals surface area contributed by atoms with E-state index in [0.29, 0.717) is 17.3 Å². The van der Waals surface area contributed by atoms with Gasteiger partial charge in [0, 0.05) is 11.8 Å². The van der Waals surface area contributed by atoms with Gasteiger partial charge < -0.3 is 5.11 Å². The minimum Gasteiger partial charge on any atom is -0.389 e. The lowest BCUT2D eigenvalue weighted by Gasteiger charge is -2.38. The highest BCUT2D eigenvalue weighted by Crippen LogP contribution is 2.42. The largest absolute Gasteiger partial charge is 0.389 e. The smallest absolute Gasteiger partial charge is 0.0729 e. The summed E-state index contributed by atoms with van der Waals surface area (Å²) in [6.07, 6.45) is 37.8. The average Bonchev–Trinajstić information content (AvgIpc) is 2.84. The molecule has 222 valence electrons. The van der Waals surface area contributed by atoms with Crippen LogP contribution in [-0.2, 0) is 0 Å². The first-order valence-corrected chi connectivity index (χ1v) is 15.3. The predicted octanol–water partition coefficient (Wildman–Crippen LogP) is 11.3. The number of hydrogen-bond acceptors (Lipinski definition) is 1. The van der Waals surface area contributed by atoms with Crippen molar-refractivity contribution in [2.24, 2.45) is 22.7 Å². The van der Waals surface area contributed by atoms with E-state index in [1.807, 2.05) is 6.08 Å². The molecule has 0 aromatic carbocycles. The minimum absolute atomic E-state index is 0.0647. The fourth-order valence-corrected chi connectivity index (χ4v) is 5.98. The van der Waals surface area contributed by atoms with Crippen LogP contribution in [0.4, 0.5) is 0 Å². The summed E-state index contributed by atoms with van der Waals surface area (Å²) >= 11 is 0. The Balaban J connectivity index is 1.88. The van der Waals surface area contributed by atoms with Crippen molar-refractivity contribution in [1.82, 2.24) is 0 Å². The standard InChI is InChI=1S/C40H56O/c1-30(18-13-20-32(3)23-25-37-34(5)22-15-27-39(37,7)8)16-11-12-17-31(2)19-14-21-33(4)24-26-38-35(6)28-36(41)29-40(38,9)10/h11-14,16-26,28,36-38,41H,15,27,29H2,1-10H3/b12-11+,18-13+,19-14+,25-23+,26-24+,30-16+,31-17+,32-20+,33-21+/t36-,37-,38-/m1/s1. The topological polar surface area (TPSA) is 20.2 Å². The van der Waals surface area contributed by atoms with Gasteiger partial charge in [-0.1, -0.05) is 158 Å². The first kappa shape index (κ1) is 34.3. The van der Waals surface area contributed by atoms with Gasteiger partial charge in [0.2, 0.25) is 0 Å². The number of hydrogen-bond donors (Lipinski definition) is 1. The molecule has 2 aliphatic rings. The summed E-state index contributed by atoms with van der Waals surface area (Å²) in [5.41, 5.74) is 8.06. The Morgan fingerprint density at radius 2 is 1.10 bits per heavy atom. The van der Waals surface area contributed by atoms with Gasteiger partial charge in [0.15, 0.2) is 0 Å². The molecule has 2 rings (SSSR count). The van der Waals surface area contributed by atoms with Crippen LogP contribution in [0.1, 0.15) is 88.5 Å². The van der Waals surface area contributed by atoms with Gasteiger partial charge in [0.25, 0.3) is 0 Å². The zero-order valence-electron chi connectivity index (χ0n) is 27.5. The van der Waals surface area contributed by atoms with E-state index in [-0.39, 0.29) is 11.5 Å². The van der Waals surface area contributed by atoms with Crippen molar-refractivity contribution in [2.75, 3.05) is 0 Å². The maximum Gasteiger partial charge on any atom is 0.0729 e. The Morgan fingerprint density at radius 3 is 1.56 bits per heavy atom. The van der Waals surface area contributed by atoms with Crippen LogP contribution in [-0.4, -0.2) is 11.2 Å². The molecule has 1 heteroatoms. The Hall–Kier alpha value is -2.90. The van der Waals surface area contributed by atoms with Crippen LogP contribution in [0.15, 0.2) is 131 Å². The number of allylic oxidation sites excluding steroid dienone is 21.